The average Bonchev–Trinajstić information content (AvgIpc) is 2.59. The Balaban J connectivity index is 1.99. The van der Waals surface area contributed by atoms with Gasteiger partial charge >= 0.3 is 0 Å². The SMILES string of the molecule is CC1(C)SCC1NC(=O)c1ccc(Br)o1. The van der Waals surface area contributed by atoms with Crippen LogP contribution in [0.1, 0.15) is 24.4 Å². The summed E-state index contributed by atoms with van der Waals surface area (Å²) >= 11 is 5.03. The van der Waals surface area contributed by atoms with Gasteiger partial charge in [0.05, 0.1) is 6.04 Å². The number of hydrogen-bond acceptors (Lipinski definition) is 3. The lowest BCUT2D eigenvalue weighted by molar-refractivity contribution is 0.0902. The van der Waals surface area contributed by atoms with Crippen molar-refractivity contribution in [1.29, 1.82) is 0 Å². The molecule has 0 aromatic carbocycles. The summed E-state index contributed by atoms with van der Waals surface area (Å²) in [6.07, 6.45) is 0. The third-order valence-electron chi connectivity index (χ3n) is 2.56. The van der Waals surface area contributed by atoms with Crippen LogP contribution < -0.4 is 5.32 Å². The van der Waals surface area contributed by atoms with Gasteiger partial charge < -0.3 is 9.73 Å². The van der Waals surface area contributed by atoms with Crippen molar-refractivity contribution >= 4 is 33.6 Å². The van der Waals surface area contributed by atoms with E-state index >= 15 is 0 Å². The Hall–Kier alpha value is -0.420. The van der Waals surface area contributed by atoms with E-state index < -0.39 is 0 Å². The topological polar surface area (TPSA) is 42.2 Å². The number of halogens is 1. The number of amides is 1. The fraction of sp³-hybridized carbons (Fsp3) is 0.500. The average molecular weight is 290 g/mol. The second-order valence-corrected chi connectivity index (χ2v) is 6.50. The zero-order valence-electron chi connectivity index (χ0n) is 8.54. The second-order valence-electron chi connectivity index (χ2n) is 4.04. The number of nitrogens with one attached hydrogen (secondary N) is 1. The molecule has 1 fully saturated rings. The number of rotatable bonds is 2. The van der Waals surface area contributed by atoms with Crippen LogP contribution in [-0.2, 0) is 0 Å². The van der Waals surface area contributed by atoms with E-state index in [2.05, 4.69) is 35.1 Å². The molecule has 2 rings (SSSR count). The highest BCUT2D eigenvalue weighted by molar-refractivity contribution is 9.10. The summed E-state index contributed by atoms with van der Waals surface area (Å²) in [7, 11) is 0. The van der Waals surface area contributed by atoms with Crippen LogP contribution >= 0.6 is 27.7 Å². The highest BCUT2D eigenvalue weighted by Crippen LogP contribution is 2.39. The zero-order valence-corrected chi connectivity index (χ0v) is 10.9. The smallest absolute Gasteiger partial charge is 0.287 e. The van der Waals surface area contributed by atoms with Crippen molar-refractivity contribution in [1.82, 2.24) is 5.32 Å². The van der Waals surface area contributed by atoms with Crippen LogP contribution in [0.2, 0.25) is 0 Å². The molecule has 15 heavy (non-hydrogen) atoms. The summed E-state index contributed by atoms with van der Waals surface area (Å²) in [5, 5.41) is 2.96. The predicted molar refractivity (Wildman–Crippen MR) is 64.2 cm³/mol. The quantitative estimate of drug-likeness (QED) is 0.910. The van der Waals surface area contributed by atoms with E-state index in [1.165, 1.54) is 0 Å². The van der Waals surface area contributed by atoms with Crippen molar-refractivity contribution in [3.8, 4) is 0 Å². The minimum Gasteiger partial charge on any atom is -0.444 e. The maximum atomic E-state index is 11.7. The van der Waals surface area contributed by atoms with Gasteiger partial charge in [-0.05, 0) is 41.9 Å². The first kappa shape index (κ1) is 11.1. The number of carbonyl (C=O) groups is 1. The van der Waals surface area contributed by atoms with Crippen molar-refractivity contribution in [2.45, 2.75) is 24.6 Å². The molecule has 0 aliphatic carbocycles. The second kappa shape index (κ2) is 3.87. The Bertz CT molecular complexity index is 389. The Labute approximate surface area is 101 Å². The molecule has 1 amide bonds. The van der Waals surface area contributed by atoms with Gasteiger partial charge in [-0.3, -0.25) is 4.79 Å². The molecule has 0 radical (unpaired) electrons. The lowest BCUT2D eigenvalue weighted by Gasteiger charge is -2.43. The summed E-state index contributed by atoms with van der Waals surface area (Å²) in [5.41, 5.74) is 0. The molecule has 0 saturated carbocycles. The van der Waals surface area contributed by atoms with Gasteiger partial charge in [-0.2, -0.15) is 11.8 Å². The minimum absolute atomic E-state index is 0.138. The van der Waals surface area contributed by atoms with E-state index in [-0.39, 0.29) is 16.7 Å². The van der Waals surface area contributed by atoms with Crippen LogP contribution in [0.4, 0.5) is 0 Å². The first-order valence-electron chi connectivity index (χ1n) is 4.69. The maximum Gasteiger partial charge on any atom is 0.287 e. The molecule has 2 heterocycles. The van der Waals surface area contributed by atoms with Crippen LogP contribution in [0.25, 0.3) is 0 Å². The molecule has 0 bridgehead atoms. The molecule has 3 nitrogen and oxygen atoms in total. The van der Waals surface area contributed by atoms with E-state index in [4.69, 9.17) is 4.42 Å². The standard InChI is InChI=1S/C10H12BrNO2S/c1-10(2)7(5-15-10)12-9(13)6-3-4-8(11)14-6/h3-4,7H,5H2,1-2H3,(H,12,13). The summed E-state index contributed by atoms with van der Waals surface area (Å²) in [5.74, 6) is 1.19. The lowest BCUT2D eigenvalue weighted by atomic mass is 10.0. The Morgan fingerprint density at radius 3 is 2.80 bits per heavy atom. The van der Waals surface area contributed by atoms with E-state index in [0.717, 1.165) is 5.75 Å². The van der Waals surface area contributed by atoms with Gasteiger partial charge in [-0.15, -0.1) is 0 Å². The molecule has 1 N–H and O–H groups in total. The summed E-state index contributed by atoms with van der Waals surface area (Å²) in [4.78, 5) is 11.7. The molecule has 1 saturated heterocycles. The number of carbonyl (C=O) groups excluding carboxylic acids is 1. The van der Waals surface area contributed by atoms with Crippen molar-refractivity contribution in [3.63, 3.8) is 0 Å². The number of thioether (sulfide) groups is 1. The fourth-order valence-corrected chi connectivity index (χ4v) is 2.83. The zero-order chi connectivity index (χ0) is 11.1. The molecule has 82 valence electrons. The Morgan fingerprint density at radius 2 is 2.40 bits per heavy atom. The molecule has 1 aliphatic heterocycles. The molecule has 1 aromatic heterocycles. The Kier molecular flexibility index (Phi) is 2.85. The molecule has 1 aromatic rings. The first-order valence-corrected chi connectivity index (χ1v) is 6.47. The van der Waals surface area contributed by atoms with E-state index in [1.807, 2.05) is 11.8 Å². The lowest BCUT2D eigenvalue weighted by Crippen LogP contribution is -2.56. The Morgan fingerprint density at radius 1 is 1.67 bits per heavy atom. The number of hydrogen-bond donors (Lipinski definition) is 1. The summed E-state index contributed by atoms with van der Waals surface area (Å²) < 4.78 is 5.90. The van der Waals surface area contributed by atoms with Crippen LogP contribution in [0.3, 0.4) is 0 Å². The fourth-order valence-electron chi connectivity index (χ4n) is 1.38. The van der Waals surface area contributed by atoms with Crippen molar-refractivity contribution in [2.24, 2.45) is 0 Å². The number of furan rings is 1. The van der Waals surface area contributed by atoms with Gasteiger partial charge in [0.2, 0.25) is 0 Å². The predicted octanol–water partition coefficient (Wildman–Crippen LogP) is 2.67. The van der Waals surface area contributed by atoms with Gasteiger partial charge in [-0.25, -0.2) is 0 Å². The molecular weight excluding hydrogens is 278 g/mol. The normalized spacial score (nSPS) is 23.3. The van der Waals surface area contributed by atoms with Crippen LogP contribution in [-0.4, -0.2) is 22.4 Å². The minimum atomic E-state index is -0.140. The van der Waals surface area contributed by atoms with Crippen molar-refractivity contribution in [3.05, 3.63) is 22.6 Å². The molecule has 5 heteroatoms. The molecule has 1 unspecified atom stereocenters. The first-order chi connectivity index (χ1) is 6.99. The van der Waals surface area contributed by atoms with Crippen molar-refractivity contribution in [2.75, 3.05) is 5.75 Å². The molecule has 0 spiro atoms. The van der Waals surface area contributed by atoms with Gasteiger partial charge in [0.15, 0.2) is 10.4 Å². The van der Waals surface area contributed by atoms with Gasteiger partial charge in [0.1, 0.15) is 0 Å². The maximum absolute atomic E-state index is 11.7. The van der Waals surface area contributed by atoms with Gasteiger partial charge in [0.25, 0.3) is 5.91 Å². The third-order valence-corrected chi connectivity index (χ3v) is 4.52. The van der Waals surface area contributed by atoms with E-state index in [9.17, 15) is 4.79 Å². The van der Waals surface area contributed by atoms with Crippen LogP contribution in [0, 0.1) is 0 Å². The van der Waals surface area contributed by atoms with Crippen molar-refractivity contribution < 1.29 is 9.21 Å². The summed E-state index contributed by atoms with van der Waals surface area (Å²) in [6.45, 7) is 4.26. The summed E-state index contributed by atoms with van der Waals surface area (Å²) in [6, 6.07) is 3.62. The largest absolute Gasteiger partial charge is 0.444 e. The molecular formula is C10H12BrNO2S. The highest BCUT2D eigenvalue weighted by Gasteiger charge is 2.40. The van der Waals surface area contributed by atoms with E-state index in [0.29, 0.717) is 10.4 Å². The van der Waals surface area contributed by atoms with Crippen LogP contribution in [0.5, 0.6) is 0 Å². The van der Waals surface area contributed by atoms with Gasteiger partial charge in [-0.1, -0.05) is 0 Å². The molecule has 1 aliphatic rings. The van der Waals surface area contributed by atoms with Crippen LogP contribution in [0.15, 0.2) is 21.2 Å². The van der Waals surface area contributed by atoms with Gasteiger partial charge in [0, 0.05) is 10.5 Å². The highest BCUT2D eigenvalue weighted by atomic mass is 79.9. The monoisotopic (exact) mass is 289 g/mol. The van der Waals surface area contributed by atoms with E-state index in [1.54, 1.807) is 12.1 Å². The molecule has 1 atom stereocenters. The third kappa shape index (κ3) is 2.23.